The van der Waals surface area contributed by atoms with E-state index in [0.29, 0.717) is 6.54 Å². The van der Waals surface area contributed by atoms with E-state index in [1.165, 1.54) is 4.31 Å². The average Bonchev–Trinajstić information content (AvgIpc) is 2.35. The normalized spacial score (nSPS) is 13.5. The molecule has 0 aliphatic carbocycles. The Morgan fingerprint density at radius 3 is 2.58 bits per heavy atom. The second-order valence-electron chi connectivity index (χ2n) is 4.63. The van der Waals surface area contributed by atoms with E-state index >= 15 is 0 Å². The van der Waals surface area contributed by atoms with Gasteiger partial charge in [0.05, 0.1) is 10.7 Å². The Morgan fingerprint density at radius 1 is 1.47 bits per heavy atom. The summed E-state index contributed by atoms with van der Waals surface area (Å²) in [5.41, 5.74) is 6.31. The summed E-state index contributed by atoms with van der Waals surface area (Å²) in [6, 6.07) is 6.82. The third-order valence-corrected chi connectivity index (χ3v) is 4.93. The van der Waals surface area contributed by atoms with Crippen LogP contribution in [0.4, 0.5) is 0 Å². The standard InChI is InChI=1S/C13H21N3O2S/c1-4-16(9-11(3)13(14)15)19(17,18)12-7-5-6-10(2)8-12/h5-8,11H,4,9H2,1-3H3,(H3,14,15). The topological polar surface area (TPSA) is 87.2 Å². The largest absolute Gasteiger partial charge is 0.387 e. The molecule has 0 saturated heterocycles. The van der Waals surface area contributed by atoms with E-state index in [1.54, 1.807) is 32.0 Å². The van der Waals surface area contributed by atoms with Crippen LogP contribution in [0.25, 0.3) is 0 Å². The van der Waals surface area contributed by atoms with Crippen molar-refractivity contribution in [1.29, 1.82) is 5.41 Å². The van der Waals surface area contributed by atoms with E-state index in [1.807, 2.05) is 13.0 Å². The predicted molar refractivity (Wildman–Crippen MR) is 76.7 cm³/mol. The minimum atomic E-state index is -3.52. The van der Waals surface area contributed by atoms with Gasteiger partial charge in [-0.3, -0.25) is 5.41 Å². The van der Waals surface area contributed by atoms with Crippen molar-refractivity contribution in [1.82, 2.24) is 4.31 Å². The number of hydrogen-bond donors (Lipinski definition) is 2. The average molecular weight is 283 g/mol. The minimum absolute atomic E-state index is 0.00195. The van der Waals surface area contributed by atoms with Crippen LogP contribution in [0, 0.1) is 18.3 Å². The lowest BCUT2D eigenvalue weighted by molar-refractivity contribution is 0.403. The molecule has 19 heavy (non-hydrogen) atoms. The van der Waals surface area contributed by atoms with Gasteiger partial charge < -0.3 is 5.73 Å². The molecule has 0 amide bonds. The molecule has 1 rings (SSSR count). The Kier molecular flexibility index (Phi) is 5.08. The highest BCUT2D eigenvalue weighted by Gasteiger charge is 2.25. The maximum atomic E-state index is 12.5. The van der Waals surface area contributed by atoms with Crippen LogP contribution in [0.15, 0.2) is 29.2 Å². The lowest BCUT2D eigenvalue weighted by atomic mass is 10.1. The molecular formula is C13H21N3O2S. The smallest absolute Gasteiger partial charge is 0.243 e. The summed E-state index contributed by atoms with van der Waals surface area (Å²) in [4.78, 5) is 0.283. The van der Waals surface area contributed by atoms with Gasteiger partial charge in [-0.2, -0.15) is 4.31 Å². The van der Waals surface area contributed by atoms with Crippen molar-refractivity contribution in [2.75, 3.05) is 13.1 Å². The van der Waals surface area contributed by atoms with Crippen molar-refractivity contribution in [2.45, 2.75) is 25.7 Å². The van der Waals surface area contributed by atoms with Gasteiger partial charge in [-0.25, -0.2) is 8.42 Å². The van der Waals surface area contributed by atoms with Gasteiger partial charge in [0.1, 0.15) is 0 Å². The Morgan fingerprint density at radius 2 is 2.11 bits per heavy atom. The molecule has 0 saturated carbocycles. The molecule has 5 nitrogen and oxygen atoms in total. The highest BCUT2D eigenvalue weighted by Crippen LogP contribution is 2.18. The highest BCUT2D eigenvalue weighted by molar-refractivity contribution is 7.89. The van der Waals surface area contributed by atoms with Crippen LogP contribution in [0.5, 0.6) is 0 Å². The Labute approximate surface area is 115 Å². The van der Waals surface area contributed by atoms with Gasteiger partial charge in [-0.05, 0) is 24.6 Å². The molecule has 0 aromatic heterocycles. The zero-order valence-electron chi connectivity index (χ0n) is 11.6. The zero-order chi connectivity index (χ0) is 14.6. The van der Waals surface area contributed by atoms with Crippen molar-refractivity contribution in [3.8, 4) is 0 Å². The number of aryl methyl sites for hydroxylation is 1. The van der Waals surface area contributed by atoms with Crippen LogP contribution < -0.4 is 5.73 Å². The maximum Gasteiger partial charge on any atom is 0.243 e. The molecule has 1 aromatic carbocycles. The first-order valence-electron chi connectivity index (χ1n) is 6.19. The summed E-state index contributed by atoms with van der Waals surface area (Å²) in [6.07, 6.45) is 0. The van der Waals surface area contributed by atoms with Gasteiger partial charge in [0.15, 0.2) is 0 Å². The lowest BCUT2D eigenvalue weighted by Crippen LogP contribution is -2.38. The lowest BCUT2D eigenvalue weighted by Gasteiger charge is -2.23. The van der Waals surface area contributed by atoms with Crippen molar-refractivity contribution in [3.63, 3.8) is 0 Å². The Bertz CT molecular complexity index is 555. The monoisotopic (exact) mass is 283 g/mol. The molecular weight excluding hydrogens is 262 g/mol. The predicted octanol–water partition coefficient (Wildman–Crippen LogP) is 1.58. The number of nitrogens with zero attached hydrogens (tertiary/aromatic N) is 1. The first kappa shape index (κ1) is 15.7. The maximum absolute atomic E-state index is 12.5. The summed E-state index contributed by atoms with van der Waals surface area (Å²) in [7, 11) is -3.52. The molecule has 0 radical (unpaired) electrons. The number of nitrogens with one attached hydrogen (secondary N) is 1. The molecule has 0 aliphatic rings. The Balaban J connectivity index is 3.06. The second-order valence-corrected chi connectivity index (χ2v) is 6.57. The number of hydrogen-bond acceptors (Lipinski definition) is 3. The van der Waals surface area contributed by atoms with Gasteiger partial charge in [-0.1, -0.05) is 26.0 Å². The third-order valence-electron chi connectivity index (χ3n) is 2.99. The SMILES string of the molecule is CCN(CC(C)C(=N)N)S(=O)(=O)c1cccc(C)c1. The van der Waals surface area contributed by atoms with E-state index in [-0.39, 0.29) is 23.2 Å². The molecule has 0 aliphatic heterocycles. The van der Waals surface area contributed by atoms with Crippen LogP contribution in [-0.4, -0.2) is 31.6 Å². The number of benzene rings is 1. The number of rotatable bonds is 6. The van der Waals surface area contributed by atoms with Crippen LogP contribution in [-0.2, 0) is 10.0 Å². The Hall–Kier alpha value is -1.40. The van der Waals surface area contributed by atoms with Crippen LogP contribution in [0.3, 0.4) is 0 Å². The molecule has 0 fully saturated rings. The van der Waals surface area contributed by atoms with Crippen molar-refractivity contribution in [3.05, 3.63) is 29.8 Å². The van der Waals surface area contributed by atoms with E-state index in [0.717, 1.165) is 5.56 Å². The molecule has 0 heterocycles. The fourth-order valence-corrected chi connectivity index (χ4v) is 3.37. The summed E-state index contributed by atoms with van der Waals surface area (Å²) < 4.78 is 26.3. The number of nitrogens with two attached hydrogens (primary N) is 1. The fraction of sp³-hybridized carbons (Fsp3) is 0.462. The minimum Gasteiger partial charge on any atom is -0.387 e. The zero-order valence-corrected chi connectivity index (χ0v) is 12.4. The van der Waals surface area contributed by atoms with Gasteiger partial charge in [0, 0.05) is 19.0 Å². The molecule has 1 aromatic rings. The highest BCUT2D eigenvalue weighted by atomic mass is 32.2. The third kappa shape index (κ3) is 3.78. The molecule has 1 atom stereocenters. The molecule has 6 heteroatoms. The van der Waals surface area contributed by atoms with Gasteiger partial charge >= 0.3 is 0 Å². The molecule has 0 bridgehead atoms. The van der Waals surface area contributed by atoms with E-state index < -0.39 is 10.0 Å². The quantitative estimate of drug-likeness (QED) is 0.613. The van der Waals surface area contributed by atoms with Crippen molar-refractivity contribution < 1.29 is 8.42 Å². The van der Waals surface area contributed by atoms with E-state index in [4.69, 9.17) is 11.1 Å². The van der Waals surface area contributed by atoms with Crippen LogP contribution in [0.1, 0.15) is 19.4 Å². The summed E-state index contributed by atoms with van der Waals surface area (Å²) in [6.45, 7) is 5.96. The first-order chi connectivity index (χ1) is 8.78. The fourth-order valence-electron chi connectivity index (χ4n) is 1.73. The van der Waals surface area contributed by atoms with E-state index in [9.17, 15) is 8.42 Å². The summed E-state index contributed by atoms with van der Waals surface area (Å²) in [5.74, 6) is -0.294. The second kappa shape index (κ2) is 6.16. The molecule has 106 valence electrons. The molecule has 0 spiro atoms. The van der Waals surface area contributed by atoms with Crippen LogP contribution in [0.2, 0.25) is 0 Å². The molecule has 1 unspecified atom stereocenters. The van der Waals surface area contributed by atoms with Gasteiger partial charge in [0.2, 0.25) is 10.0 Å². The first-order valence-corrected chi connectivity index (χ1v) is 7.63. The van der Waals surface area contributed by atoms with Crippen molar-refractivity contribution in [2.24, 2.45) is 11.7 Å². The van der Waals surface area contributed by atoms with Gasteiger partial charge in [-0.15, -0.1) is 0 Å². The van der Waals surface area contributed by atoms with Crippen LogP contribution >= 0.6 is 0 Å². The van der Waals surface area contributed by atoms with Crippen molar-refractivity contribution >= 4 is 15.9 Å². The summed E-state index contributed by atoms with van der Waals surface area (Å²) >= 11 is 0. The molecule has 3 N–H and O–H groups in total. The number of amidine groups is 1. The number of sulfonamides is 1. The van der Waals surface area contributed by atoms with E-state index in [2.05, 4.69) is 0 Å². The van der Waals surface area contributed by atoms with Gasteiger partial charge in [0.25, 0.3) is 0 Å². The summed E-state index contributed by atoms with van der Waals surface area (Å²) in [5, 5.41) is 7.37.